The van der Waals surface area contributed by atoms with Crippen molar-refractivity contribution >= 4 is 34.4 Å². The van der Waals surface area contributed by atoms with Gasteiger partial charge in [-0.05, 0) is 36.6 Å². The molecule has 16 heavy (non-hydrogen) atoms. The maximum atomic E-state index is 12.3. The highest BCUT2D eigenvalue weighted by molar-refractivity contribution is 14.1. The first kappa shape index (κ1) is 12.5. The van der Waals surface area contributed by atoms with Crippen molar-refractivity contribution < 1.29 is 13.2 Å². The maximum absolute atomic E-state index is 12.3. The van der Waals surface area contributed by atoms with Gasteiger partial charge in [-0.2, -0.15) is 13.2 Å². The van der Waals surface area contributed by atoms with Crippen molar-refractivity contribution in [3.63, 3.8) is 0 Å². The lowest BCUT2D eigenvalue weighted by Gasteiger charge is -2.07. The highest BCUT2D eigenvalue weighted by Crippen LogP contribution is 2.42. The number of hydrogen-bond acceptors (Lipinski definition) is 1. The molecule has 2 atom stereocenters. The Kier molecular flexibility index (Phi) is 3.73. The van der Waals surface area contributed by atoms with Crippen LogP contribution in [-0.4, -0.2) is 9.68 Å². The van der Waals surface area contributed by atoms with Gasteiger partial charge in [0.05, 0.1) is 5.56 Å². The van der Waals surface area contributed by atoms with Gasteiger partial charge in [0.15, 0.2) is 0 Å². The first-order valence-electron chi connectivity index (χ1n) is 4.91. The largest absolute Gasteiger partial charge is 0.416 e. The van der Waals surface area contributed by atoms with E-state index in [-0.39, 0.29) is 0 Å². The molecule has 0 N–H and O–H groups in total. The van der Waals surface area contributed by atoms with E-state index in [9.17, 15) is 13.2 Å². The minimum absolute atomic E-state index is 0.574. The van der Waals surface area contributed by atoms with Crippen molar-refractivity contribution in [2.24, 2.45) is 5.92 Å². The van der Waals surface area contributed by atoms with E-state index in [1.807, 2.05) is 0 Å². The van der Waals surface area contributed by atoms with E-state index in [2.05, 4.69) is 22.6 Å². The predicted molar refractivity (Wildman–Crippen MR) is 68.1 cm³/mol. The molecule has 1 fully saturated rings. The average molecular weight is 358 g/mol. The maximum Gasteiger partial charge on any atom is 0.416 e. The number of alkyl halides is 4. The van der Waals surface area contributed by atoms with Gasteiger partial charge in [-0.3, -0.25) is 0 Å². The first-order valence-corrected chi connectivity index (χ1v) is 7.14. The van der Waals surface area contributed by atoms with Crippen molar-refractivity contribution in [2.45, 2.75) is 21.4 Å². The first-order chi connectivity index (χ1) is 7.47. The topological polar surface area (TPSA) is 0 Å². The van der Waals surface area contributed by atoms with Crippen molar-refractivity contribution in [3.05, 3.63) is 29.8 Å². The van der Waals surface area contributed by atoms with Crippen LogP contribution in [0.4, 0.5) is 13.2 Å². The fraction of sp³-hybridized carbons (Fsp3) is 0.455. The Hall–Kier alpha value is 0.0900. The number of rotatable bonds is 3. The number of hydrogen-bond donors (Lipinski definition) is 0. The van der Waals surface area contributed by atoms with Crippen LogP contribution in [0.3, 0.4) is 0 Å². The molecular weight excluding hydrogens is 348 g/mol. The zero-order chi connectivity index (χ0) is 11.8. The standard InChI is InChI=1S/C11H10F3IS/c12-11(13,14)8-1-3-9(4-2-8)16-6-7-5-10(7)15/h1-4,7,10H,5-6H2/t7-,10-/m1/s1. The molecule has 0 nitrogen and oxygen atoms in total. The van der Waals surface area contributed by atoms with Gasteiger partial charge in [0.1, 0.15) is 0 Å². The zero-order valence-corrected chi connectivity index (χ0v) is 11.3. The van der Waals surface area contributed by atoms with Crippen molar-refractivity contribution in [1.29, 1.82) is 0 Å². The summed E-state index contributed by atoms with van der Waals surface area (Å²) in [5, 5.41) is 0. The van der Waals surface area contributed by atoms with E-state index in [0.29, 0.717) is 0 Å². The van der Waals surface area contributed by atoms with E-state index in [0.717, 1.165) is 32.6 Å². The Morgan fingerprint density at radius 2 is 1.81 bits per heavy atom. The van der Waals surface area contributed by atoms with E-state index >= 15 is 0 Å². The van der Waals surface area contributed by atoms with Crippen LogP contribution in [0.1, 0.15) is 12.0 Å². The summed E-state index contributed by atoms with van der Waals surface area (Å²) in [6, 6.07) is 5.41. The molecule has 5 heteroatoms. The van der Waals surface area contributed by atoms with Crippen LogP contribution in [0.25, 0.3) is 0 Å². The molecule has 0 aromatic heterocycles. The molecule has 0 amide bonds. The molecule has 1 aliphatic rings. The fourth-order valence-electron chi connectivity index (χ4n) is 1.33. The zero-order valence-electron chi connectivity index (χ0n) is 8.30. The lowest BCUT2D eigenvalue weighted by atomic mass is 10.2. The SMILES string of the molecule is FC(F)(F)c1ccc(SC[C@H]2C[C@H]2I)cc1. The van der Waals surface area contributed by atoms with Crippen molar-refractivity contribution in [3.8, 4) is 0 Å². The van der Waals surface area contributed by atoms with Gasteiger partial charge in [-0.15, -0.1) is 11.8 Å². The second-order valence-corrected chi connectivity index (χ2v) is 6.54. The van der Waals surface area contributed by atoms with Gasteiger partial charge in [0, 0.05) is 14.6 Å². The quantitative estimate of drug-likeness (QED) is 0.432. The lowest BCUT2D eigenvalue weighted by Crippen LogP contribution is -2.03. The summed E-state index contributed by atoms with van der Waals surface area (Å²) in [5.41, 5.74) is -0.574. The molecule has 1 aliphatic carbocycles. The average Bonchev–Trinajstić information content (AvgIpc) is 2.91. The summed E-state index contributed by atoms with van der Waals surface area (Å²) in [4.78, 5) is 0.920. The van der Waals surface area contributed by atoms with Crippen LogP contribution in [0.15, 0.2) is 29.2 Å². The third kappa shape index (κ3) is 3.29. The smallest absolute Gasteiger partial charge is 0.166 e. The Balaban J connectivity index is 1.91. The Morgan fingerprint density at radius 1 is 1.25 bits per heavy atom. The minimum atomic E-state index is -4.23. The van der Waals surface area contributed by atoms with Gasteiger partial charge in [0.25, 0.3) is 0 Å². The van der Waals surface area contributed by atoms with E-state index in [4.69, 9.17) is 0 Å². The summed E-state index contributed by atoms with van der Waals surface area (Å²) in [7, 11) is 0. The van der Waals surface area contributed by atoms with Crippen LogP contribution in [0.5, 0.6) is 0 Å². The van der Waals surface area contributed by atoms with Gasteiger partial charge >= 0.3 is 6.18 Å². The Morgan fingerprint density at radius 3 is 2.25 bits per heavy atom. The van der Waals surface area contributed by atoms with E-state index in [1.54, 1.807) is 23.9 Å². The molecule has 0 heterocycles. The van der Waals surface area contributed by atoms with Crippen LogP contribution in [0.2, 0.25) is 0 Å². The fourth-order valence-corrected chi connectivity index (χ4v) is 3.68. The lowest BCUT2D eigenvalue weighted by molar-refractivity contribution is -0.137. The second kappa shape index (κ2) is 4.76. The van der Waals surface area contributed by atoms with Crippen LogP contribution in [-0.2, 0) is 6.18 Å². The van der Waals surface area contributed by atoms with E-state index < -0.39 is 11.7 Å². The number of halogens is 4. The molecular formula is C11H10F3IS. The molecule has 1 aromatic rings. The van der Waals surface area contributed by atoms with Gasteiger partial charge in [0.2, 0.25) is 0 Å². The van der Waals surface area contributed by atoms with Crippen LogP contribution < -0.4 is 0 Å². The third-order valence-electron chi connectivity index (χ3n) is 2.48. The molecule has 0 aliphatic heterocycles. The molecule has 2 rings (SSSR count). The minimum Gasteiger partial charge on any atom is -0.166 e. The van der Waals surface area contributed by atoms with Gasteiger partial charge in [-0.25, -0.2) is 0 Å². The normalized spacial score (nSPS) is 24.5. The molecule has 0 spiro atoms. The monoisotopic (exact) mass is 358 g/mol. The molecule has 88 valence electrons. The third-order valence-corrected chi connectivity index (χ3v) is 5.21. The highest BCUT2D eigenvalue weighted by atomic mass is 127. The summed E-state index contributed by atoms with van der Waals surface area (Å²) in [6.45, 7) is 0. The van der Waals surface area contributed by atoms with Gasteiger partial charge < -0.3 is 0 Å². The van der Waals surface area contributed by atoms with Crippen molar-refractivity contribution in [2.75, 3.05) is 5.75 Å². The van der Waals surface area contributed by atoms with Crippen molar-refractivity contribution in [1.82, 2.24) is 0 Å². The highest BCUT2D eigenvalue weighted by Gasteiger charge is 2.34. The molecule has 0 saturated heterocycles. The molecule has 0 unspecified atom stereocenters. The molecule has 1 aromatic carbocycles. The summed E-state index contributed by atoms with van der Waals surface area (Å²) < 4.78 is 37.6. The second-order valence-electron chi connectivity index (χ2n) is 3.84. The summed E-state index contributed by atoms with van der Waals surface area (Å²) in [6.07, 6.45) is -2.98. The summed E-state index contributed by atoms with van der Waals surface area (Å²) >= 11 is 4.05. The predicted octanol–water partition coefficient (Wildman–Crippen LogP) is 4.62. The van der Waals surface area contributed by atoms with Crippen LogP contribution >= 0.6 is 34.4 Å². The van der Waals surface area contributed by atoms with E-state index in [1.165, 1.54) is 6.42 Å². The van der Waals surface area contributed by atoms with Crippen LogP contribution in [0, 0.1) is 5.92 Å². The Bertz CT molecular complexity index is 360. The number of thioether (sulfide) groups is 1. The molecule has 1 saturated carbocycles. The van der Waals surface area contributed by atoms with Gasteiger partial charge in [-0.1, -0.05) is 22.6 Å². The molecule has 0 bridgehead atoms. The molecule has 0 radical (unpaired) electrons. The summed E-state index contributed by atoms with van der Waals surface area (Å²) in [5.74, 6) is 1.76. The number of benzene rings is 1. The Labute approximate surface area is 110 Å².